The summed E-state index contributed by atoms with van der Waals surface area (Å²) in [5.74, 6) is -1.26. The molecule has 0 bridgehead atoms. The number of hydrogen-bond acceptors (Lipinski definition) is 8. The summed E-state index contributed by atoms with van der Waals surface area (Å²) in [6.45, 7) is 1.26. The number of nitrogen functional groups attached to an aromatic ring is 1. The molecule has 1 saturated heterocycles. The van der Waals surface area contributed by atoms with Gasteiger partial charge in [-0.1, -0.05) is 0 Å². The molecule has 168 valence electrons. The quantitative estimate of drug-likeness (QED) is 0.519. The lowest BCUT2D eigenvalue weighted by molar-refractivity contribution is -0.114. The molecule has 10 nitrogen and oxygen atoms in total. The molecular formula is C19H23N3O7S2. The molecule has 1 aliphatic heterocycles. The molecule has 0 aromatic heterocycles. The molecule has 12 heteroatoms. The van der Waals surface area contributed by atoms with Crippen LogP contribution in [0.3, 0.4) is 0 Å². The van der Waals surface area contributed by atoms with E-state index in [9.17, 15) is 26.7 Å². The minimum absolute atomic E-state index is 0.132. The van der Waals surface area contributed by atoms with Crippen molar-refractivity contribution in [3.05, 3.63) is 42.5 Å². The van der Waals surface area contributed by atoms with E-state index in [1.807, 2.05) is 0 Å². The number of carbonyl (C=O) groups is 1. The number of ether oxygens (including phenoxy) is 1. The number of aliphatic hydroxyl groups is 1. The number of sulfone groups is 1. The third-order valence-electron chi connectivity index (χ3n) is 4.78. The minimum atomic E-state index is -4.36. The number of nitrogens with one attached hydrogen (secondary N) is 1. The molecule has 0 unspecified atom stereocenters. The molecule has 0 radical (unpaired) electrons. The molecule has 31 heavy (non-hydrogen) atoms. The highest BCUT2D eigenvalue weighted by atomic mass is 32.2. The van der Waals surface area contributed by atoms with Crippen molar-refractivity contribution in [3.8, 4) is 5.75 Å². The van der Waals surface area contributed by atoms with E-state index < -0.39 is 49.4 Å². The lowest BCUT2D eigenvalue weighted by Gasteiger charge is -2.31. The molecule has 0 spiro atoms. The van der Waals surface area contributed by atoms with Crippen molar-refractivity contribution in [2.75, 3.05) is 34.0 Å². The maximum Gasteiger partial charge on any atom is 0.264 e. The van der Waals surface area contributed by atoms with E-state index in [-0.39, 0.29) is 22.0 Å². The number of anilines is 3. The van der Waals surface area contributed by atoms with Gasteiger partial charge in [0, 0.05) is 12.6 Å². The molecule has 4 N–H and O–H groups in total. The SMILES string of the molecule is COc1ccc(S(=O)(=O)N(c2ccc(N)cc2)[C@@H]2CS(=O)(=O)C[C@H]2O)cc1NC(C)=O. The largest absolute Gasteiger partial charge is 0.495 e. The second kappa shape index (κ2) is 8.36. The average Bonchev–Trinajstić information content (AvgIpc) is 2.94. The first-order valence-corrected chi connectivity index (χ1v) is 12.4. The Labute approximate surface area is 180 Å². The molecule has 3 rings (SSSR count). The highest BCUT2D eigenvalue weighted by Crippen LogP contribution is 2.34. The van der Waals surface area contributed by atoms with Crippen molar-refractivity contribution >= 4 is 42.8 Å². The van der Waals surface area contributed by atoms with Crippen LogP contribution < -0.4 is 20.1 Å². The standard InChI is InChI=1S/C19H23N3O7S2/c1-12(23)21-16-9-15(7-8-19(16)29-2)31(27,28)22(14-5-3-13(20)4-6-14)17-10-30(25,26)11-18(17)24/h3-9,17-18,24H,10-11,20H2,1-2H3,(H,21,23)/t17-,18-/m1/s1. The van der Waals surface area contributed by atoms with Crippen LogP contribution in [-0.4, -0.2) is 58.6 Å². The summed E-state index contributed by atoms with van der Waals surface area (Å²) in [6, 6.07) is 8.46. The van der Waals surface area contributed by atoms with E-state index in [0.717, 1.165) is 4.31 Å². The van der Waals surface area contributed by atoms with Crippen LogP contribution in [0, 0.1) is 0 Å². The Morgan fingerprint density at radius 2 is 1.84 bits per heavy atom. The minimum Gasteiger partial charge on any atom is -0.495 e. The average molecular weight is 470 g/mol. The lowest BCUT2D eigenvalue weighted by atomic mass is 10.2. The van der Waals surface area contributed by atoms with Crippen LogP contribution in [0.1, 0.15) is 6.92 Å². The first-order valence-electron chi connectivity index (χ1n) is 9.19. The number of aliphatic hydroxyl groups excluding tert-OH is 1. The van der Waals surface area contributed by atoms with Crippen LogP contribution in [0.25, 0.3) is 0 Å². The summed E-state index contributed by atoms with van der Waals surface area (Å²) < 4.78 is 57.5. The number of nitrogens with two attached hydrogens (primary N) is 1. The highest BCUT2D eigenvalue weighted by molar-refractivity contribution is 7.93. The van der Waals surface area contributed by atoms with Gasteiger partial charge in [-0.2, -0.15) is 0 Å². The zero-order chi connectivity index (χ0) is 23.0. The second-order valence-electron chi connectivity index (χ2n) is 7.15. The third-order valence-corrected chi connectivity index (χ3v) is 8.33. The molecule has 2 aromatic rings. The molecule has 2 atom stereocenters. The van der Waals surface area contributed by atoms with E-state index in [2.05, 4.69) is 5.32 Å². The van der Waals surface area contributed by atoms with Crippen LogP contribution in [0.2, 0.25) is 0 Å². The van der Waals surface area contributed by atoms with Crippen molar-refractivity contribution in [2.24, 2.45) is 0 Å². The Hall–Kier alpha value is -2.83. The Kier molecular flexibility index (Phi) is 6.16. The number of sulfonamides is 1. The lowest BCUT2D eigenvalue weighted by Crippen LogP contribution is -2.47. The maximum atomic E-state index is 13.6. The van der Waals surface area contributed by atoms with Gasteiger partial charge in [0.25, 0.3) is 10.0 Å². The molecule has 1 heterocycles. The maximum absolute atomic E-state index is 13.6. The summed E-state index contributed by atoms with van der Waals surface area (Å²) in [6.07, 6.45) is -1.41. The van der Waals surface area contributed by atoms with Crippen molar-refractivity contribution in [1.29, 1.82) is 0 Å². The van der Waals surface area contributed by atoms with Gasteiger partial charge in [0.05, 0.1) is 47.0 Å². The Balaban J connectivity index is 2.16. The molecular weight excluding hydrogens is 446 g/mol. The highest BCUT2D eigenvalue weighted by Gasteiger charge is 2.45. The summed E-state index contributed by atoms with van der Waals surface area (Å²) >= 11 is 0. The monoisotopic (exact) mass is 469 g/mol. The molecule has 2 aromatic carbocycles. The van der Waals surface area contributed by atoms with E-state index >= 15 is 0 Å². The Morgan fingerprint density at radius 3 is 2.35 bits per heavy atom. The van der Waals surface area contributed by atoms with Gasteiger partial charge in [-0.05, 0) is 42.5 Å². The summed E-state index contributed by atoms with van der Waals surface area (Å²) in [5.41, 5.74) is 6.37. The van der Waals surface area contributed by atoms with E-state index in [1.54, 1.807) is 0 Å². The van der Waals surface area contributed by atoms with E-state index in [4.69, 9.17) is 10.5 Å². The van der Waals surface area contributed by atoms with Gasteiger partial charge >= 0.3 is 0 Å². The Bertz CT molecular complexity index is 1200. The van der Waals surface area contributed by atoms with Gasteiger partial charge in [0.2, 0.25) is 5.91 Å². The van der Waals surface area contributed by atoms with Crippen LogP contribution in [0.15, 0.2) is 47.4 Å². The zero-order valence-electron chi connectivity index (χ0n) is 16.8. The van der Waals surface area contributed by atoms with Gasteiger partial charge in [-0.25, -0.2) is 16.8 Å². The number of benzene rings is 2. The molecule has 0 aliphatic carbocycles. The second-order valence-corrected chi connectivity index (χ2v) is 11.1. The number of nitrogens with zero attached hydrogens (tertiary/aromatic N) is 1. The van der Waals surface area contributed by atoms with Crippen LogP contribution in [0.4, 0.5) is 17.1 Å². The summed E-state index contributed by atoms with van der Waals surface area (Å²) in [7, 11) is -6.63. The fourth-order valence-electron chi connectivity index (χ4n) is 3.41. The number of hydrogen-bond donors (Lipinski definition) is 3. The molecule has 1 aliphatic rings. The van der Waals surface area contributed by atoms with Crippen molar-refractivity contribution in [2.45, 2.75) is 24.0 Å². The number of methoxy groups -OCH3 is 1. The summed E-state index contributed by atoms with van der Waals surface area (Å²) in [5, 5.41) is 12.9. The number of carbonyl (C=O) groups excluding carboxylic acids is 1. The van der Waals surface area contributed by atoms with Crippen molar-refractivity contribution < 1.29 is 31.5 Å². The van der Waals surface area contributed by atoms with Crippen LogP contribution in [-0.2, 0) is 24.7 Å². The predicted molar refractivity (Wildman–Crippen MR) is 116 cm³/mol. The fourth-order valence-corrected chi connectivity index (χ4v) is 6.98. The van der Waals surface area contributed by atoms with E-state index in [0.29, 0.717) is 5.69 Å². The predicted octanol–water partition coefficient (Wildman–Crippen LogP) is 0.589. The van der Waals surface area contributed by atoms with Gasteiger partial charge in [-0.15, -0.1) is 0 Å². The van der Waals surface area contributed by atoms with Gasteiger partial charge in [-0.3, -0.25) is 9.10 Å². The normalized spacial score (nSPS) is 20.2. The summed E-state index contributed by atoms with van der Waals surface area (Å²) in [4.78, 5) is 11.3. The number of rotatable bonds is 6. The van der Waals surface area contributed by atoms with Gasteiger partial charge < -0.3 is 20.9 Å². The molecule has 1 amide bonds. The van der Waals surface area contributed by atoms with Gasteiger partial charge in [0.15, 0.2) is 9.84 Å². The van der Waals surface area contributed by atoms with Gasteiger partial charge in [0.1, 0.15) is 5.75 Å². The van der Waals surface area contributed by atoms with Crippen molar-refractivity contribution in [1.82, 2.24) is 0 Å². The fraction of sp³-hybridized carbons (Fsp3) is 0.316. The van der Waals surface area contributed by atoms with Crippen LogP contribution >= 0.6 is 0 Å². The van der Waals surface area contributed by atoms with Crippen LogP contribution in [0.5, 0.6) is 5.75 Å². The topological polar surface area (TPSA) is 156 Å². The number of amides is 1. The van der Waals surface area contributed by atoms with E-state index in [1.165, 1.54) is 56.5 Å². The zero-order valence-corrected chi connectivity index (χ0v) is 18.5. The Morgan fingerprint density at radius 1 is 1.19 bits per heavy atom. The van der Waals surface area contributed by atoms with Crippen molar-refractivity contribution in [3.63, 3.8) is 0 Å². The first kappa shape index (κ1) is 22.8. The molecule has 0 saturated carbocycles. The molecule has 1 fully saturated rings. The smallest absolute Gasteiger partial charge is 0.264 e. The third kappa shape index (κ3) is 4.75. The first-order chi connectivity index (χ1) is 14.4.